The minimum absolute atomic E-state index is 0.787. The molecule has 2 rings (SSSR count). The molecule has 2 nitrogen and oxygen atoms in total. The van der Waals surface area contributed by atoms with Crippen molar-refractivity contribution in [3.05, 3.63) is 57.7 Å². The highest BCUT2D eigenvalue weighted by atomic mass is 127. The number of rotatable bonds is 3. The summed E-state index contributed by atoms with van der Waals surface area (Å²) in [5.74, 6) is 0.787. The number of halogens is 1. The van der Waals surface area contributed by atoms with E-state index >= 15 is 0 Å². The van der Waals surface area contributed by atoms with Crippen LogP contribution >= 0.6 is 22.6 Å². The normalized spacial score (nSPS) is 10.7. The molecule has 0 aromatic heterocycles. The van der Waals surface area contributed by atoms with Gasteiger partial charge in [-0.05, 0) is 40.8 Å². The number of para-hydroxylation sites is 2. The van der Waals surface area contributed by atoms with Crippen molar-refractivity contribution in [2.45, 2.75) is 0 Å². The van der Waals surface area contributed by atoms with E-state index in [2.05, 4.69) is 33.6 Å². The van der Waals surface area contributed by atoms with Crippen molar-refractivity contribution >= 4 is 34.5 Å². The van der Waals surface area contributed by atoms with Crippen LogP contribution in [0.5, 0.6) is 5.75 Å². The monoisotopic (exact) mass is 337 g/mol. The number of aliphatic imine (C=N–C) groups is 1. The molecule has 0 heterocycles. The first kappa shape index (κ1) is 12.1. The zero-order valence-electron chi connectivity index (χ0n) is 9.43. The third-order valence-electron chi connectivity index (χ3n) is 2.33. The molecule has 0 spiro atoms. The van der Waals surface area contributed by atoms with Crippen LogP contribution < -0.4 is 4.74 Å². The second-order valence-corrected chi connectivity index (χ2v) is 4.61. The molecule has 0 aliphatic rings. The first-order valence-corrected chi connectivity index (χ1v) is 6.31. The van der Waals surface area contributed by atoms with Crippen LogP contribution in [0.1, 0.15) is 5.56 Å². The molecule has 2 aromatic carbocycles. The van der Waals surface area contributed by atoms with Crippen molar-refractivity contribution in [2.75, 3.05) is 7.11 Å². The summed E-state index contributed by atoms with van der Waals surface area (Å²) in [5.41, 5.74) is 1.95. The van der Waals surface area contributed by atoms with E-state index in [0.29, 0.717) is 0 Å². The SMILES string of the molecule is COc1ccccc1N=Cc1ccccc1I. The van der Waals surface area contributed by atoms with Gasteiger partial charge in [-0.1, -0.05) is 30.3 Å². The number of hydrogen-bond donors (Lipinski definition) is 0. The summed E-state index contributed by atoms with van der Waals surface area (Å²) in [6.07, 6.45) is 1.86. The van der Waals surface area contributed by atoms with E-state index in [0.717, 1.165) is 17.0 Å². The van der Waals surface area contributed by atoms with Crippen molar-refractivity contribution in [1.29, 1.82) is 0 Å². The van der Waals surface area contributed by atoms with Gasteiger partial charge in [0.2, 0.25) is 0 Å². The summed E-state index contributed by atoms with van der Waals surface area (Å²) in [7, 11) is 1.65. The largest absolute Gasteiger partial charge is 0.494 e. The highest BCUT2D eigenvalue weighted by molar-refractivity contribution is 14.1. The minimum Gasteiger partial charge on any atom is -0.494 e. The van der Waals surface area contributed by atoms with Crippen molar-refractivity contribution in [3.63, 3.8) is 0 Å². The average molecular weight is 337 g/mol. The van der Waals surface area contributed by atoms with E-state index in [4.69, 9.17) is 4.74 Å². The van der Waals surface area contributed by atoms with Gasteiger partial charge < -0.3 is 4.74 Å². The van der Waals surface area contributed by atoms with E-state index in [-0.39, 0.29) is 0 Å². The van der Waals surface area contributed by atoms with Gasteiger partial charge in [0.15, 0.2) is 0 Å². The van der Waals surface area contributed by atoms with Crippen LogP contribution in [0, 0.1) is 3.57 Å². The number of methoxy groups -OCH3 is 1. The summed E-state index contributed by atoms with van der Waals surface area (Å²) in [6.45, 7) is 0. The van der Waals surface area contributed by atoms with Gasteiger partial charge >= 0.3 is 0 Å². The summed E-state index contributed by atoms with van der Waals surface area (Å²) >= 11 is 2.30. The summed E-state index contributed by atoms with van der Waals surface area (Å²) < 4.78 is 6.43. The molecule has 0 aliphatic carbocycles. The maximum Gasteiger partial charge on any atom is 0.144 e. The molecule has 0 atom stereocenters. The predicted octanol–water partition coefficient (Wildman–Crippen LogP) is 4.05. The Morgan fingerprint density at radius 2 is 1.76 bits per heavy atom. The lowest BCUT2D eigenvalue weighted by Crippen LogP contribution is -1.86. The molecule has 0 saturated heterocycles. The lowest BCUT2D eigenvalue weighted by Gasteiger charge is -2.03. The van der Waals surface area contributed by atoms with Crippen molar-refractivity contribution in [3.8, 4) is 5.75 Å². The van der Waals surface area contributed by atoms with Crippen LogP contribution in [0.2, 0.25) is 0 Å². The molecule has 0 saturated carbocycles. The maximum atomic E-state index is 5.25. The van der Waals surface area contributed by atoms with Crippen LogP contribution in [0.3, 0.4) is 0 Å². The molecule has 86 valence electrons. The fourth-order valence-corrected chi connectivity index (χ4v) is 1.98. The zero-order valence-corrected chi connectivity index (χ0v) is 11.6. The number of benzene rings is 2. The van der Waals surface area contributed by atoms with Crippen LogP contribution in [0.4, 0.5) is 5.69 Å². The van der Waals surface area contributed by atoms with Gasteiger partial charge in [-0.25, -0.2) is 0 Å². The highest BCUT2D eigenvalue weighted by Crippen LogP contribution is 2.26. The van der Waals surface area contributed by atoms with Gasteiger partial charge in [0.25, 0.3) is 0 Å². The van der Waals surface area contributed by atoms with Gasteiger partial charge in [-0.15, -0.1) is 0 Å². The molecule has 2 aromatic rings. The number of ether oxygens (including phenoxy) is 1. The number of nitrogens with zero attached hydrogens (tertiary/aromatic N) is 1. The number of hydrogen-bond acceptors (Lipinski definition) is 2. The topological polar surface area (TPSA) is 21.6 Å². The maximum absolute atomic E-state index is 5.25. The van der Waals surface area contributed by atoms with Gasteiger partial charge in [0, 0.05) is 15.3 Å². The standard InChI is InChI=1S/C14H12INO/c1-17-14-9-5-4-8-13(14)16-10-11-6-2-3-7-12(11)15/h2-10H,1H3. The van der Waals surface area contributed by atoms with E-state index in [1.54, 1.807) is 7.11 Å². The summed E-state index contributed by atoms with van der Waals surface area (Å²) in [5, 5.41) is 0. The molecule has 3 heteroatoms. The van der Waals surface area contributed by atoms with E-state index in [1.807, 2.05) is 48.7 Å². The third-order valence-corrected chi connectivity index (χ3v) is 3.32. The van der Waals surface area contributed by atoms with Crippen LogP contribution in [0.15, 0.2) is 53.5 Å². The van der Waals surface area contributed by atoms with Gasteiger partial charge in [-0.2, -0.15) is 0 Å². The Hall–Kier alpha value is -1.36. The lowest BCUT2D eigenvalue weighted by atomic mass is 10.2. The quantitative estimate of drug-likeness (QED) is 0.612. The van der Waals surface area contributed by atoms with Crippen LogP contribution in [0.25, 0.3) is 0 Å². The van der Waals surface area contributed by atoms with E-state index in [9.17, 15) is 0 Å². The molecule has 0 aliphatic heterocycles. The van der Waals surface area contributed by atoms with Crippen LogP contribution in [-0.2, 0) is 0 Å². The molecule has 0 N–H and O–H groups in total. The Kier molecular flexibility index (Phi) is 4.14. The van der Waals surface area contributed by atoms with E-state index in [1.165, 1.54) is 3.57 Å². The van der Waals surface area contributed by atoms with Gasteiger partial charge in [0.1, 0.15) is 11.4 Å². The lowest BCUT2D eigenvalue weighted by molar-refractivity contribution is 0.416. The van der Waals surface area contributed by atoms with Crippen molar-refractivity contribution in [1.82, 2.24) is 0 Å². The Balaban J connectivity index is 2.29. The second-order valence-electron chi connectivity index (χ2n) is 3.45. The third kappa shape index (κ3) is 3.06. The Morgan fingerprint density at radius 3 is 2.53 bits per heavy atom. The van der Waals surface area contributed by atoms with Crippen LogP contribution in [-0.4, -0.2) is 13.3 Å². The second kappa shape index (κ2) is 5.82. The molecule has 0 bridgehead atoms. The molecule has 0 unspecified atom stereocenters. The van der Waals surface area contributed by atoms with E-state index < -0.39 is 0 Å². The Bertz CT molecular complexity index is 537. The van der Waals surface area contributed by atoms with Gasteiger partial charge in [0.05, 0.1) is 7.11 Å². The first-order valence-electron chi connectivity index (χ1n) is 5.23. The summed E-state index contributed by atoms with van der Waals surface area (Å²) in [6, 6.07) is 15.8. The smallest absolute Gasteiger partial charge is 0.144 e. The van der Waals surface area contributed by atoms with Crippen molar-refractivity contribution < 1.29 is 4.74 Å². The fraction of sp³-hybridized carbons (Fsp3) is 0.0714. The Labute approximate surface area is 114 Å². The average Bonchev–Trinajstić information content (AvgIpc) is 2.38. The zero-order chi connectivity index (χ0) is 12.1. The predicted molar refractivity (Wildman–Crippen MR) is 79.4 cm³/mol. The molecule has 0 fully saturated rings. The summed E-state index contributed by atoms with van der Waals surface area (Å²) in [4.78, 5) is 4.45. The fourth-order valence-electron chi connectivity index (χ4n) is 1.46. The first-order chi connectivity index (χ1) is 8.31. The molecular weight excluding hydrogens is 325 g/mol. The van der Waals surface area contributed by atoms with Crippen molar-refractivity contribution in [2.24, 2.45) is 4.99 Å². The molecular formula is C14H12INO. The minimum atomic E-state index is 0.787. The highest BCUT2D eigenvalue weighted by Gasteiger charge is 1.99. The molecule has 17 heavy (non-hydrogen) atoms. The molecule has 0 amide bonds. The molecule has 0 radical (unpaired) electrons. The van der Waals surface area contributed by atoms with Gasteiger partial charge in [-0.3, -0.25) is 4.99 Å². The Morgan fingerprint density at radius 1 is 1.06 bits per heavy atom.